The number of aromatic nitrogens is 5. The van der Waals surface area contributed by atoms with Crippen molar-refractivity contribution in [3.8, 4) is 67.8 Å². The summed E-state index contributed by atoms with van der Waals surface area (Å²) in [5.41, 5.74) is 15.9. The van der Waals surface area contributed by atoms with Crippen molar-refractivity contribution >= 4 is 76.3 Å². The monoisotopic (exact) mass is 931 g/mol. The number of nitrogens with zero attached hydrogens (tertiary/aromatic N) is 5. The van der Waals surface area contributed by atoms with E-state index in [1.807, 2.05) is 60.7 Å². The summed E-state index contributed by atoms with van der Waals surface area (Å²) in [6.45, 7) is 0. The predicted molar refractivity (Wildman–Crippen MR) is 300 cm³/mol. The van der Waals surface area contributed by atoms with Gasteiger partial charge >= 0.3 is 0 Å². The quantitative estimate of drug-likeness (QED) is 0.160. The second-order valence-corrected chi connectivity index (χ2v) is 18.8. The molecule has 0 spiro atoms. The lowest BCUT2D eigenvalue weighted by Gasteiger charge is -2.11. The Hall–Kier alpha value is -9.91. The molecular formula is C67H41N5O. The summed E-state index contributed by atoms with van der Waals surface area (Å²) < 4.78 is 11.3. The van der Waals surface area contributed by atoms with Gasteiger partial charge in [0.25, 0.3) is 0 Å². The van der Waals surface area contributed by atoms with Crippen molar-refractivity contribution in [3.63, 3.8) is 0 Å². The van der Waals surface area contributed by atoms with Crippen LogP contribution in [0.2, 0.25) is 0 Å². The maximum absolute atomic E-state index is 6.66. The average Bonchev–Trinajstić information content (AvgIpc) is 4.15. The van der Waals surface area contributed by atoms with Crippen LogP contribution in [0, 0.1) is 0 Å². The van der Waals surface area contributed by atoms with Crippen molar-refractivity contribution in [1.82, 2.24) is 24.1 Å². The lowest BCUT2D eigenvalue weighted by atomic mass is 9.96. The summed E-state index contributed by atoms with van der Waals surface area (Å²) in [6, 6.07) is 88.2. The second-order valence-electron chi connectivity index (χ2n) is 18.8. The molecule has 6 nitrogen and oxygen atoms in total. The molecule has 73 heavy (non-hydrogen) atoms. The zero-order valence-corrected chi connectivity index (χ0v) is 39.3. The molecule has 15 rings (SSSR count). The van der Waals surface area contributed by atoms with E-state index < -0.39 is 0 Å². The number of para-hydroxylation sites is 1. The molecule has 0 unspecified atom stereocenters. The van der Waals surface area contributed by atoms with Crippen LogP contribution >= 0.6 is 0 Å². The molecule has 15 aromatic rings. The second kappa shape index (κ2) is 16.3. The Labute approximate surface area is 419 Å². The molecule has 0 aliphatic rings. The zero-order chi connectivity index (χ0) is 48.0. The molecule has 0 aliphatic carbocycles. The first kappa shape index (κ1) is 40.9. The van der Waals surface area contributed by atoms with Crippen LogP contribution in [-0.2, 0) is 0 Å². The standard InChI is InChI=1S/C67H41N5O/c1-4-16-42(17-5-1)46-23-14-24-50(38-46)71-57-28-13-12-26-53(57)54-41-49(32-35-58(54)71)52-27-15-29-62-64(52)56-40-48(33-37-61(56)73-62)47-31-34-59-55(39-47)63-51-25-11-10-18-43(51)30-36-60(63)72(59)67-69-65(44-19-6-2-7-20-44)68-66(70-67)45-21-8-3-9-22-45/h1-41H. The molecular weight excluding hydrogens is 891 g/mol. The molecule has 0 aliphatic heterocycles. The fraction of sp³-hybridized carbons (Fsp3) is 0. The number of hydrogen-bond donors (Lipinski definition) is 0. The van der Waals surface area contributed by atoms with Crippen LogP contribution in [0.1, 0.15) is 0 Å². The van der Waals surface area contributed by atoms with E-state index in [1.165, 1.54) is 38.2 Å². The molecule has 0 N–H and O–H groups in total. The summed E-state index contributed by atoms with van der Waals surface area (Å²) in [5, 5.41) is 9.19. The molecule has 0 radical (unpaired) electrons. The third kappa shape index (κ3) is 6.62. The van der Waals surface area contributed by atoms with E-state index in [1.54, 1.807) is 0 Å². The highest BCUT2D eigenvalue weighted by molar-refractivity contribution is 6.22. The van der Waals surface area contributed by atoms with Crippen LogP contribution in [0.3, 0.4) is 0 Å². The molecule has 0 atom stereocenters. The van der Waals surface area contributed by atoms with Gasteiger partial charge in [0.05, 0.1) is 22.1 Å². The molecule has 11 aromatic carbocycles. The van der Waals surface area contributed by atoms with Crippen molar-refractivity contribution < 1.29 is 4.42 Å². The Kier molecular flexibility index (Phi) is 9.16. The van der Waals surface area contributed by atoms with Gasteiger partial charge < -0.3 is 8.98 Å². The van der Waals surface area contributed by atoms with Gasteiger partial charge in [-0.3, -0.25) is 4.57 Å². The lowest BCUT2D eigenvalue weighted by Crippen LogP contribution is -2.06. The van der Waals surface area contributed by atoms with Crippen LogP contribution < -0.4 is 0 Å². The fourth-order valence-electron chi connectivity index (χ4n) is 11.2. The van der Waals surface area contributed by atoms with Crippen LogP contribution in [-0.4, -0.2) is 24.1 Å². The van der Waals surface area contributed by atoms with Gasteiger partial charge in [0.2, 0.25) is 5.95 Å². The SMILES string of the molecule is c1ccc(-c2cccc(-n3c4ccccc4c4cc(-c5cccc6oc7ccc(-c8ccc9c(c8)c8c%10ccccc%10ccc8n9-c8nc(-c9ccccc9)nc(-c9ccccc9)n8)cc7c56)ccc43)c2)cc1. The Morgan fingerprint density at radius 1 is 0.288 bits per heavy atom. The molecule has 6 heteroatoms. The Bertz CT molecular complexity index is 4610. The fourth-order valence-corrected chi connectivity index (χ4v) is 11.2. The molecule has 0 bridgehead atoms. The zero-order valence-electron chi connectivity index (χ0n) is 39.3. The number of furan rings is 1. The number of fused-ring (bicyclic) bond motifs is 11. The number of hydrogen-bond acceptors (Lipinski definition) is 4. The Morgan fingerprint density at radius 3 is 1.62 bits per heavy atom. The highest BCUT2D eigenvalue weighted by Crippen LogP contribution is 2.43. The molecule has 0 saturated carbocycles. The van der Waals surface area contributed by atoms with Crippen LogP contribution in [0.25, 0.3) is 144 Å². The van der Waals surface area contributed by atoms with Gasteiger partial charge in [-0.15, -0.1) is 0 Å². The van der Waals surface area contributed by atoms with Crippen molar-refractivity contribution in [3.05, 3.63) is 249 Å². The Balaban J connectivity index is 0.891. The third-order valence-electron chi connectivity index (χ3n) is 14.6. The van der Waals surface area contributed by atoms with Gasteiger partial charge in [-0.25, -0.2) is 4.98 Å². The van der Waals surface area contributed by atoms with E-state index in [0.717, 1.165) is 88.3 Å². The average molecular weight is 932 g/mol. The van der Waals surface area contributed by atoms with Crippen molar-refractivity contribution in [2.45, 2.75) is 0 Å². The van der Waals surface area contributed by atoms with E-state index in [9.17, 15) is 0 Å². The van der Waals surface area contributed by atoms with Gasteiger partial charge in [-0.2, -0.15) is 9.97 Å². The van der Waals surface area contributed by atoms with E-state index >= 15 is 0 Å². The molecule has 0 amide bonds. The van der Waals surface area contributed by atoms with E-state index in [4.69, 9.17) is 19.4 Å². The molecule has 4 aromatic heterocycles. The summed E-state index contributed by atoms with van der Waals surface area (Å²) >= 11 is 0. The largest absolute Gasteiger partial charge is 0.456 e. The van der Waals surface area contributed by atoms with Crippen LogP contribution in [0.4, 0.5) is 0 Å². The maximum atomic E-state index is 6.66. The van der Waals surface area contributed by atoms with Gasteiger partial charge in [-0.05, 0) is 111 Å². The van der Waals surface area contributed by atoms with E-state index in [2.05, 4.69) is 197 Å². The molecule has 0 fully saturated rings. The van der Waals surface area contributed by atoms with Gasteiger partial charge in [0, 0.05) is 49.1 Å². The first-order chi connectivity index (χ1) is 36.2. The number of benzene rings is 11. The molecule has 340 valence electrons. The summed E-state index contributed by atoms with van der Waals surface area (Å²) in [6.07, 6.45) is 0. The van der Waals surface area contributed by atoms with Gasteiger partial charge in [0.1, 0.15) is 11.2 Å². The first-order valence-corrected chi connectivity index (χ1v) is 24.7. The van der Waals surface area contributed by atoms with Crippen LogP contribution in [0.5, 0.6) is 0 Å². The first-order valence-electron chi connectivity index (χ1n) is 24.7. The maximum Gasteiger partial charge on any atom is 0.238 e. The number of rotatable bonds is 7. The summed E-state index contributed by atoms with van der Waals surface area (Å²) in [4.78, 5) is 15.4. The minimum Gasteiger partial charge on any atom is -0.456 e. The highest BCUT2D eigenvalue weighted by Gasteiger charge is 2.22. The van der Waals surface area contributed by atoms with Crippen LogP contribution in [0.15, 0.2) is 253 Å². The van der Waals surface area contributed by atoms with Gasteiger partial charge in [0.15, 0.2) is 11.6 Å². The normalized spacial score (nSPS) is 11.8. The third-order valence-corrected chi connectivity index (χ3v) is 14.6. The van der Waals surface area contributed by atoms with Gasteiger partial charge in [-0.1, -0.05) is 182 Å². The predicted octanol–water partition coefficient (Wildman–Crippen LogP) is 17.5. The van der Waals surface area contributed by atoms with Crippen molar-refractivity contribution in [2.24, 2.45) is 0 Å². The van der Waals surface area contributed by atoms with E-state index in [-0.39, 0.29) is 0 Å². The highest BCUT2D eigenvalue weighted by atomic mass is 16.3. The topological polar surface area (TPSA) is 61.7 Å². The smallest absolute Gasteiger partial charge is 0.238 e. The van der Waals surface area contributed by atoms with Crippen molar-refractivity contribution in [2.75, 3.05) is 0 Å². The summed E-state index contributed by atoms with van der Waals surface area (Å²) in [7, 11) is 0. The Morgan fingerprint density at radius 2 is 0.849 bits per heavy atom. The summed E-state index contributed by atoms with van der Waals surface area (Å²) in [5.74, 6) is 1.80. The molecule has 0 saturated heterocycles. The minimum absolute atomic E-state index is 0.564. The van der Waals surface area contributed by atoms with Crippen molar-refractivity contribution in [1.29, 1.82) is 0 Å². The van der Waals surface area contributed by atoms with E-state index in [0.29, 0.717) is 17.6 Å². The minimum atomic E-state index is 0.564. The molecule has 4 heterocycles. The lowest BCUT2D eigenvalue weighted by molar-refractivity contribution is 0.669.